The quantitative estimate of drug-likeness (QED) is 0.572. The van der Waals surface area contributed by atoms with E-state index in [4.69, 9.17) is 9.47 Å². The van der Waals surface area contributed by atoms with Crippen LogP contribution in [-0.2, 0) is 28.8 Å². The Labute approximate surface area is 137 Å². The normalized spacial score (nSPS) is 11.5. The first-order chi connectivity index (χ1) is 11.4. The predicted molar refractivity (Wildman–Crippen MR) is 79.3 cm³/mol. The standard InChI is InChI=1S/C16H17F3N2O3/c1-23-8-2-7-21-10-13(9-20-21)15(22)24-11-12-3-5-14(6-4-12)16(17,18)19/h3-6,9-10H,2,7-8,11H2,1H3. The van der Waals surface area contributed by atoms with Gasteiger partial charge in [-0.15, -0.1) is 0 Å². The molecule has 1 heterocycles. The fourth-order valence-electron chi connectivity index (χ4n) is 1.98. The Morgan fingerprint density at radius 1 is 1.25 bits per heavy atom. The number of hydrogen-bond donors (Lipinski definition) is 0. The lowest BCUT2D eigenvalue weighted by Gasteiger charge is -2.08. The molecule has 0 saturated carbocycles. The summed E-state index contributed by atoms with van der Waals surface area (Å²) in [5.74, 6) is -0.576. The first-order valence-corrected chi connectivity index (χ1v) is 7.25. The van der Waals surface area contributed by atoms with E-state index in [0.29, 0.717) is 24.3 Å². The smallest absolute Gasteiger partial charge is 0.416 e. The number of rotatable bonds is 7. The van der Waals surface area contributed by atoms with E-state index >= 15 is 0 Å². The van der Waals surface area contributed by atoms with Gasteiger partial charge in [-0.05, 0) is 24.1 Å². The molecule has 0 amide bonds. The first kappa shape index (κ1) is 18.0. The Bertz CT molecular complexity index is 666. The van der Waals surface area contributed by atoms with Crippen molar-refractivity contribution in [3.8, 4) is 0 Å². The van der Waals surface area contributed by atoms with Gasteiger partial charge in [-0.2, -0.15) is 18.3 Å². The maximum atomic E-state index is 12.5. The largest absolute Gasteiger partial charge is 0.457 e. The predicted octanol–water partition coefficient (Wildman–Crippen LogP) is 3.30. The van der Waals surface area contributed by atoms with Crippen molar-refractivity contribution in [3.63, 3.8) is 0 Å². The van der Waals surface area contributed by atoms with Crippen molar-refractivity contribution >= 4 is 5.97 Å². The van der Waals surface area contributed by atoms with Crippen LogP contribution in [0.1, 0.15) is 27.9 Å². The van der Waals surface area contributed by atoms with E-state index in [1.807, 2.05) is 0 Å². The van der Waals surface area contributed by atoms with Gasteiger partial charge in [-0.3, -0.25) is 4.68 Å². The number of ether oxygens (including phenoxy) is 2. The van der Waals surface area contributed by atoms with Gasteiger partial charge in [0.25, 0.3) is 0 Å². The molecular weight excluding hydrogens is 325 g/mol. The van der Waals surface area contributed by atoms with Gasteiger partial charge in [0.15, 0.2) is 0 Å². The van der Waals surface area contributed by atoms with E-state index in [1.165, 1.54) is 18.3 Å². The SMILES string of the molecule is COCCCn1cc(C(=O)OCc2ccc(C(F)(F)F)cc2)cn1. The highest BCUT2D eigenvalue weighted by molar-refractivity contribution is 5.88. The number of aryl methyl sites for hydroxylation is 1. The summed E-state index contributed by atoms with van der Waals surface area (Å²) >= 11 is 0. The molecule has 0 unspecified atom stereocenters. The fourth-order valence-corrected chi connectivity index (χ4v) is 1.98. The second-order valence-corrected chi connectivity index (χ2v) is 5.11. The van der Waals surface area contributed by atoms with Gasteiger partial charge >= 0.3 is 12.1 Å². The number of alkyl halides is 3. The highest BCUT2D eigenvalue weighted by Crippen LogP contribution is 2.29. The molecule has 8 heteroatoms. The molecule has 0 aliphatic rings. The molecule has 2 rings (SSSR count). The molecule has 5 nitrogen and oxygen atoms in total. The zero-order valence-corrected chi connectivity index (χ0v) is 13.0. The van der Waals surface area contributed by atoms with Gasteiger partial charge in [0.2, 0.25) is 0 Å². The summed E-state index contributed by atoms with van der Waals surface area (Å²) in [5, 5.41) is 4.04. The second kappa shape index (κ2) is 7.96. The van der Waals surface area contributed by atoms with Crippen LogP contribution >= 0.6 is 0 Å². The van der Waals surface area contributed by atoms with Crippen LogP contribution in [0.3, 0.4) is 0 Å². The van der Waals surface area contributed by atoms with Gasteiger partial charge < -0.3 is 9.47 Å². The second-order valence-electron chi connectivity index (χ2n) is 5.11. The highest BCUT2D eigenvalue weighted by Gasteiger charge is 2.29. The van der Waals surface area contributed by atoms with Crippen LogP contribution in [0.5, 0.6) is 0 Å². The third-order valence-electron chi connectivity index (χ3n) is 3.26. The van der Waals surface area contributed by atoms with E-state index in [9.17, 15) is 18.0 Å². The number of carbonyl (C=O) groups excluding carboxylic acids is 1. The molecule has 24 heavy (non-hydrogen) atoms. The maximum Gasteiger partial charge on any atom is 0.416 e. The van der Waals surface area contributed by atoms with E-state index in [0.717, 1.165) is 18.6 Å². The Kier molecular flexibility index (Phi) is 5.97. The molecule has 0 aliphatic carbocycles. The van der Waals surface area contributed by atoms with Crippen LogP contribution in [0.25, 0.3) is 0 Å². The van der Waals surface area contributed by atoms with Crippen molar-refractivity contribution in [2.45, 2.75) is 25.7 Å². The molecule has 0 N–H and O–H groups in total. The van der Waals surface area contributed by atoms with Crippen LogP contribution < -0.4 is 0 Å². The van der Waals surface area contributed by atoms with E-state index in [-0.39, 0.29) is 6.61 Å². The lowest BCUT2D eigenvalue weighted by molar-refractivity contribution is -0.137. The molecule has 0 fully saturated rings. The van der Waals surface area contributed by atoms with Crippen LogP contribution in [0.2, 0.25) is 0 Å². The molecule has 0 bridgehead atoms. The van der Waals surface area contributed by atoms with Gasteiger partial charge in [0.05, 0.1) is 17.3 Å². The lowest BCUT2D eigenvalue weighted by atomic mass is 10.1. The van der Waals surface area contributed by atoms with E-state index < -0.39 is 17.7 Å². The lowest BCUT2D eigenvalue weighted by Crippen LogP contribution is -2.07. The van der Waals surface area contributed by atoms with Crippen molar-refractivity contribution < 1.29 is 27.4 Å². The first-order valence-electron chi connectivity index (χ1n) is 7.25. The van der Waals surface area contributed by atoms with Gasteiger partial charge in [0, 0.05) is 26.5 Å². The van der Waals surface area contributed by atoms with Crippen LogP contribution in [-0.4, -0.2) is 29.5 Å². The Balaban J connectivity index is 1.86. The number of benzene rings is 1. The van der Waals surface area contributed by atoms with Crippen molar-refractivity contribution in [1.29, 1.82) is 0 Å². The minimum absolute atomic E-state index is 0.105. The molecule has 0 radical (unpaired) electrons. The molecule has 1 aromatic carbocycles. The summed E-state index contributed by atoms with van der Waals surface area (Å²) in [6, 6.07) is 4.47. The molecule has 0 saturated heterocycles. The Morgan fingerprint density at radius 3 is 2.58 bits per heavy atom. The minimum atomic E-state index is -4.38. The summed E-state index contributed by atoms with van der Waals surface area (Å²) in [4.78, 5) is 11.9. The molecular formula is C16H17F3N2O3. The number of methoxy groups -OCH3 is 1. The van der Waals surface area contributed by atoms with Crippen molar-refractivity contribution in [2.75, 3.05) is 13.7 Å². The van der Waals surface area contributed by atoms with E-state index in [1.54, 1.807) is 18.0 Å². The monoisotopic (exact) mass is 342 g/mol. The number of esters is 1. The summed E-state index contributed by atoms with van der Waals surface area (Å²) < 4.78 is 49.0. The van der Waals surface area contributed by atoms with E-state index in [2.05, 4.69) is 5.10 Å². The van der Waals surface area contributed by atoms with Crippen LogP contribution in [0.15, 0.2) is 36.7 Å². The molecule has 1 aromatic heterocycles. The van der Waals surface area contributed by atoms with Gasteiger partial charge in [0.1, 0.15) is 6.61 Å². The average Bonchev–Trinajstić information content (AvgIpc) is 3.01. The van der Waals surface area contributed by atoms with Crippen LogP contribution in [0.4, 0.5) is 13.2 Å². The fraction of sp³-hybridized carbons (Fsp3) is 0.375. The zero-order chi connectivity index (χ0) is 17.6. The highest BCUT2D eigenvalue weighted by atomic mass is 19.4. The topological polar surface area (TPSA) is 53.4 Å². The van der Waals surface area contributed by atoms with Crippen molar-refractivity contribution in [3.05, 3.63) is 53.3 Å². The summed E-state index contributed by atoms with van der Waals surface area (Å²) in [7, 11) is 1.60. The zero-order valence-electron chi connectivity index (χ0n) is 13.0. The number of halogens is 3. The third-order valence-corrected chi connectivity index (χ3v) is 3.26. The van der Waals surface area contributed by atoms with Crippen molar-refractivity contribution in [1.82, 2.24) is 9.78 Å². The molecule has 2 aromatic rings. The summed E-state index contributed by atoms with van der Waals surface area (Å²) in [6.45, 7) is 1.10. The third kappa shape index (κ3) is 5.09. The van der Waals surface area contributed by atoms with Gasteiger partial charge in [-0.1, -0.05) is 12.1 Å². The number of aromatic nitrogens is 2. The molecule has 130 valence electrons. The summed E-state index contributed by atoms with van der Waals surface area (Å²) in [5.41, 5.74) is 0.0260. The van der Waals surface area contributed by atoms with Gasteiger partial charge in [-0.25, -0.2) is 4.79 Å². The number of nitrogens with zero attached hydrogens (tertiary/aromatic N) is 2. The summed E-state index contributed by atoms with van der Waals surface area (Å²) in [6.07, 6.45) is -0.669. The Morgan fingerprint density at radius 2 is 1.96 bits per heavy atom. The van der Waals surface area contributed by atoms with Crippen molar-refractivity contribution in [2.24, 2.45) is 0 Å². The molecule has 0 atom stereocenters. The Hall–Kier alpha value is -2.35. The van der Waals surface area contributed by atoms with Crippen LogP contribution in [0, 0.1) is 0 Å². The molecule has 0 aliphatic heterocycles. The average molecular weight is 342 g/mol. The number of carbonyl (C=O) groups is 1. The maximum absolute atomic E-state index is 12.5. The number of hydrogen-bond acceptors (Lipinski definition) is 4. The minimum Gasteiger partial charge on any atom is -0.457 e. The molecule has 0 spiro atoms.